The summed E-state index contributed by atoms with van der Waals surface area (Å²) in [6, 6.07) is 7.43. The number of hydrogen-bond acceptors (Lipinski definition) is 3. The molecule has 4 nitrogen and oxygen atoms in total. The highest BCUT2D eigenvalue weighted by atomic mass is 16.3. The van der Waals surface area contributed by atoms with E-state index in [9.17, 15) is 9.90 Å². The number of carbonyl (C=O) groups excluding carboxylic acids is 1. The molecule has 4 N–H and O–H groups in total. The Balaban J connectivity index is 2.90. The lowest BCUT2D eigenvalue weighted by molar-refractivity contribution is -0.115. The number of aliphatic hydroxyl groups is 1. The SMILES string of the molecule is CCCCC(N)(c1ccc(NC(=O)CC)cc1)C(C)O. The van der Waals surface area contributed by atoms with Crippen molar-refractivity contribution in [3.8, 4) is 0 Å². The van der Waals surface area contributed by atoms with Crippen LogP contribution in [0.1, 0.15) is 52.0 Å². The highest BCUT2D eigenvalue weighted by Crippen LogP contribution is 2.29. The van der Waals surface area contributed by atoms with E-state index in [1.807, 2.05) is 31.2 Å². The van der Waals surface area contributed by atoms with Crippen molar-refractivity contribution < 1.29 is 9.90 Å². The summed E-state index contributed by atoms with van der Waals surface area (Å²) in [4.78, 5) is 11.3. The molecule has 0 saturated carbocycles. The molecule has 0 radical (unpaired) electrons. The number of unbranched alkanes of at least 4 members (excludes halogenated alkanes) is 1. The second-order valence-electron chi connectivity index (χ2n) is 5.30. The normalized spacial score (nSPS) is 15.4. The van der Waals surface area contributed by atoms with Crippen molar-refractivity contribution in [2.45, 2.75) is 58.1 Å². The Bertz CT molecular complexity index is 429. The summed E-state index contributed by atoms with van der Waals surface area (Å²) >= 11 is 0. The quantitative estimate of drug-likeness (QED) is 0.718. The second-order valence-corrected chi connectivity index (χ2v) is 5.30. The van der Waals surface area contributed by atoms with Crippen LogP contribution in [-0.2, 0) is 10.3 Å². The van der Waals surface area contributed by atoms with Crippen LogP contribution in [0.3, 0.4) is 0 Å². The summed E-state index contributed by atoms with van der Waals surface area (Å²) in [7, 11) is 0. The first kappa shape index (κ1) is 16.7. The lowest BCUT2D eigenvalue weighted by Crippen LogP contribution is -2.46. The molecule has 0 aliphatic rings. The van der Waals surface area contributed by atoms with Crippen LogP contribution < -0.4 is 11.1 Å². The van der Waals surface area contributed by atoms with Gasteiger partial charge >= 0.3 is 0 Å². The lowest BCUT2D eigenvalue weighted by Gasteiger charge is -2.33. The molecule has 0 aromatic heterocycles. The maximum atomic E-state index is 11.3. The molecule has 1 amide bonds. The number of nitrogens with one attached hydrogen (secondary N) is 1. The molecule has 0 saturated heterocycles. The smallest absolute Gasteiger partial charge is 0.224 e. The molecule has 0 aliphatic heterocycles. The molecule has 20 heavy (non-hydrogen) atoms. The van der Waals surface area contributed by atoms with E-state index >= 15 is 0 Å². The molecule has 0 spiro atoms. The molecule has 0 aliphatic carbocycles. The molecular formula is C16H26N2O2. The summed E-state index contributed by atoms with van der Waals surface area (Å²) < 4.78 is 0. The van der Waals surface area contributed by atoms with Crippen molar-refractivity contribution in [2.24, 2.45) is 5.73 Å². The number of hydrogen-bond donors (Lipinski definition) is 3. The minimum Gasteiger partial charge on any atom is -0.391 e. The first-order valence-corrected chi connectivity index (χ1v) is 7.31. The summed E-state index contributed by atoms with van der Waals surface area (Å²) in [6.45, 7) is 5.64. The van der Waals surface area contributed by atoms with Crippen molar-refractivity contribution in [1.29, 1.82) is 0 Å². The van der Waals surface area contributed by atoms with Crippen LogP contribution in [0, 0.1) is 0 Å². The van der Waals surface area contributed by atoms with Crippen molar-refractivity contribution in [1.82, 2.24) is 0 Å². The van der Waals surface area contributed by atoms with Crippen LogP contribution in [0.2, 0.25) is 0 Å². The van der Waals surface area contributed by atoms with Gasteiger partial charge in [0.05, 0.1) is 11.6 Å². The van der Waals surface area contributed by atoms with Gasteiger partial charge in [-0.15, -0.1) is 0 Å². The zero-order valence-corrected chi connectivity index (χ0v) is 12.6. The van der Waals surface area contributed by atoms with Gasteiger partial charge in [0.25, 0.3) is 0 Å². The molecule has 0 fully saturated rings. The fourth-order valence-electron chi connectivity index (χ4n) is 2.18. The molecular weight excluding hydrogens is 252 g/mol. The second kappa shape index (κ2) is 7.41. The number of benzene rings is 1. The third-order valence-corrected chi connectivity index (χ3v) is 3.72. The highest BCUT2D eigenvalue weighted by molar-refractivity contribution is 5.90. The number of rotatable bonds is 7. The molecule has 4 heteroatoms. The predicted octanol–water partition coefficient (Wildman–Crippen LogP) is 2.76. The number of anilines is 1. The molecule has 2 atom stereocenters. The average Bonchev–Trinajstić information content (AvgIpc) is 2.45. The topological polar surface area (TPSA) is 75.3 Å². The number of aliphatic hydroxyl groups excluding tert-OH is 1. The van der Waals surface area contributed by atoms with Gasteiger partial charge < -0.3 is 16.2 Å². The van der Waals surface area contributed by atoms with Crippen LogP contribution in [0.4, 0.5) is 5.69 Å². The van der Waals surface area contributed by atoms with Gasteiger partial charge in [-0.05, 0) is 31.0 Å². The van der Waals surface area contributed by atoms with E-state index in [1.54, 1.807) is 6.92 Å². The number of amides is 1. The third-order valence-electron chi connectivity index (χ3n) is 3.72. The van der Waals surface area contributed by atoms with E-state index in [2.05, 4.69) is 12.2 Å². The average molecular weight is 278 g/mol. The Morgan fingerprint density at radius 2 is 1.95 bits per heavy atom. The van der Waals surface area contributed by atoms with Gasteiger partial charge in [0, 0.05) is 12.1 Å². The lowest BCUT2D eigenvalue weighted by atomic mass is 9.81. The van der Waals surface area contributed by atoms with Gasteiger partial charge in [0.15, 0.2) is 0 Å². The Morgan fingerprint density at radius 3 is 2.40 bits per heavy atom. The first-order valence-electron chi connectivity index (χ1n) is 7.31. The highest BCUT2D eigenvalue weighted by Gasteiger charge is 2.32. The van der Waals surface area contributed by atoms with Gasteiger partial charge in [0.2, 0.25) is 5.91 Å². The maximum Gasteiger partial charge on any atom is 0.224 e. The van der Waals surface area contributed by atoms with Crippen LogP contribution in [-0.4, -0.2) is 17.1 Å². The predicted molar refractivity (Wildman–Crippen MR) is 82.4 cm³/mol. The van der Waals surface area contributed by atoms with E-state index in [1.165, 1.54) is 0 Å². The Morgan fingerprint density at radius 1 is 1.35 bits per heavy atom. The minimum atomic E-state index is -0.733. The van der Waals surface area contributed by atoms with Crippen LogP contribution >= 0.6 is 0 Å². The minimum absolute atomic E-state index is 0.0155. The van der Waals surface area contributed by atoms with Gasteiger partial charge in [-0.25, -0.2) is 0 Å². The van der Waals surface area contributed by atoms with E-state index in [4.69, 9.17) is 5.73 Å². The Labute approximate surface area is 121 Å². The number of carbonyl (C=O) groups is 1. The fourth-order valence-corrected chi connectivity index (χ4v) is 2.18. The van der Waals surface area contributed by atoms with Gasteiger partial charge in [0.1, 0.15) is 0 Å². The molecule has 1 aromatic rings. The zero-order chi connectivity index (χ0) is 15.2. The van der Waals surface area contributed by atoms with Crippen LogP contribution in [0.5, 0.6) is 0 Å². The van der Waals surface area contributed by atoms with Crippen molar-refractivity contribution >= 4 is 11.6 Å². The van der Waals surface area contributed by atoms with Gasteiger partial charge in [-0.2, -0.15) is 0 Å². The van der Waals surface area contributed by atoms with E-state index in [0.717, 1.165) is 30.5 Å². The molecule has 0 bridgehead atoms. The monoisotopic (exact) mass is 278 g/mol. The van der Waals surface area contributed by atoms with Gasteiger partial charge in [-0.3, -0.25) is 4.79 Å². The van der Waals surface area contributed by atoms with Crippen LogP contribution in [0.25, 0.3) is 0 Å². The summed E-state index contributed by atoms with van der Waals surface area (Å²) in [6.07, 6.45) is 2.57. The van der Waals surface area contributed by atoms with Crippen molar-refractivity contribution in [3.63, 3.8) is 0 Å². The van der Waals surface area contributed by atoms with Crippen molar-refractivity contribution in [2.75, 3.05) is 5.32 Å². The summed E-state index contributed by atoms with van der Waals surface area (Å²) in [5, 5.41) is 12.8. The largest absolute Gasteiger partial charge is 0.391 e. The Kier molecular flexibility index (Phi) is 6.17. The molecule has 112 valence electrons. The van der Waals surface area contributed by atoms with Gasteiger partial charge in [-0.1, -0.05) is 38.8 Å². The Hall–Kier alpha value is -1.39. The first-order chi connectivity index (χ1) is 9.43. The molecule has 0 heterocycles. The van der Waals surface area contributed by atoms with E-state index < -0.39 is 11.6 Å². The van der Waals surface area contributed by atoms with E-state index in [-0.39, 0.29) is 5.91 Å². The van der Waals surface area contributed by atoms with Crippen molar-refractivity contribution in [3.05, 3.63) is 29.8 Å². The standard InChI is InChI=1S/C16H26N2O2/c1-4-6-11-16(17,12(3)19)13-7-9-14(10-8-13)18-15(20)5-2/h7-10,12,19H,4-6,11,17H2,1-3H3,(H,18,20). The molecule has 1 rings (SSSR count). The fraction of sp³-hybridized carbons (Fsp3) is 0.562. The zero-order valence-electron chi connectivity index (χ0n) is 12.6. The summed E-state index contributed by atoms with van der Waals surface area (Å²) in [5.41, 5.74) is 7.31. The third kappa shape index (κ3) is 4.05. The van der Waals surface area contributed by atoms with E-state index in [0.29, 0.717) is 6.42 Å². The van der Waals surface area contributed by atoms with Crippen LogP contribution in [0.15, 0.2) is 24.3 Å². The molecule has 1 aromatic carbocycles. The number of nitrogens with two attached hydrogens (primary N) is 1. The summed E-state index contributed by atoms with van der Waals surface area (Å²) in [5.74, 6) is -0.0155. The maximum absolute atomic E-state index is 11.3. The molecule has 2 unspecified atom stereocenters.